The molecule has 8 heteroatoms. The van der Waals surface area contributed by atoms with Gasteiger partial charge in [0, 0.05) is 11.3 Å². The van der Waals surface area contributed by atoms with Crippen LogP contribution in [-0.2, 0) is 6.54 Å². The number of nitriles is 1. The zero-order valence-electron chi connectivity index (χ0n) is 17.7. The first-order chi connectivity index (χ1) is 16.3. The minimum atomic E-state index is 0.251. The lowest BCUT2D eigenvalue weighted by Gasteiger charge is -2.11. The number of benzene rings is 3. The summed E-state index contributed by atoms with van der Waals surface area (Å²) in [5, 5.41) is 18.7. The van der Waals surface area contributed by atoms with Crippen LogP contribution < -0.4 is 14.2 Å². The van der Waals surface area contributed by atoms with E-state index in [1.807, 2.05) is 48.5 Å². The highest BCUT2D eigenvalue weighted by molar-refractivity contribution is 7.99. The molecule has 0 radical (unpaired) electrons. The van der Waals surface area contributed by atoms with E-state index in [0.717, 1.165) is 39.4 Å². The summed E-state index contributed by atoms with van der Waals surface area (Å²) >= 11 is 1.59. The lowest BCUT2D eigenvalue weighted by molar-refractivity contribution is 0.174. The van der Waals surface area contributed by atoms with Gasteiger partial charge in [0.2, 0.25) is 6.79 Å². The van der Waals surface area contributed by atoms with Crippen molar-refractivity contribution in [3.05, 3.63) is 83.9 Å². The Morgan fingerprint density at radius 1 is 0.970 bits per heavy atom. The van der Waals surface area contributed by atoms with E-state index in [1.54, 1.807) is 36.0 Å². The van der Waals surface area contributed by atoms with Gasteiger partial charge in [-0.2, -0.15) is 5.26 Å². The molecule has 0 saturated carbocycles. The van der Waals surface area contributed by atoms with E-state index in [-0.39, 0.29) is 6.79 Å². The molecule has 0 N–H and O–H groups in total. The van der Waals surface area contributed by atoms with E-state index in [9.17, 15) is 0 Å². The van der Waals surface area contributed by atoms with Crippen LogP contribution in [0.3, 0.4) is 0 Å². The zero-order valence-corrected chi connectivity index (χ0v) is 18.5. The molecule has 0 fully saturated rings. The Bertz CT molecular complexity index is 1280. The van der Waals surface area contributed by atoms with Gasteiger partial charge in [-0.25, -0.2) is 0 Å². The van der Waals surface area contributed by atoms with Gasteiger partial charge in [-0.15, -0.1) is 10.2 Å². The molecule has 3 aromatic carbocycles. The number of fused-ring (bicyclic) bond motifs is 1. The molecule has 0 atom stereocenters. The number of rotatable bonds is 8. The van der Waals surface area contributed by atoms with Gasteiger partial charge >= 0.3 is 0 Å². The number of thioether (sulfide) groups is 1. The van der Waals surface area contributed by atoms with E-state index < -0.39 is 0 Å². The third-order valence-electron chi connectivity index (χ3n) is 5.09. The molecule has 4 aromatic rings. The molecule has 5 rings (SSSR count). The first-order valence-electron chi connectivity index (χ1n) is 10.4. The van der Waals surface area contributed by atoms with Gasteiger partial charge in [0.1, 0.15) is 5.75 Å². The summed E-state index contributed by atoms with van der Waals surface area (Å²) < 4.78 is 18.9. The van der Waals surface area contributed by atoms with Crippen LogP contribution in [-0.4, -0.2) is 33.9 Å². The lowest BCUT2D eigenvalue weighted by atomic mass is 10.2. The molecule has 0 bridgehead atoms. The van der Waals surface area contributed by atoms with Crippen LogP contribution in [0.15, 0.2) is 78.0 Å². The third kappa shape index (κ3) is 4.78. The van der Waals surface area contributed by atoms with Crippen molar-refractivity contribution in [2.75, 3.05) is 19.2 Å². The second-order valence-electron chi connectivity index (χ2n) is 7.28. The summed E-state index contributed by atoms with van der Waals surface area (Å²) in [4.78, 5) is 0. The van der Waals surface area contributed by atoms with Crippen molar-refractivity contribution in [1.29, 1.82) is 5.26 Å². The lowest BCUT2D eigenvalue weighted by Crippen LogP contribution is -2.06. The predicted octanol–water partition coefficient (Wildman–Crippen LogP) is 4.76. The number of hydrogen-bond acceptors (Lipinski definition) is 7. The minimum absolute atomic E-state index is 0.251. The topological polar surface area (TPSA) is 82.2 Å². The molecule has 0 saturated heterocycles. The van der Waals surface area contributed by atoms with Crippen LogP contribution in [0.2, 0.25) is 0 Å². The Morgan fingerprint density at radius 3 is 2.61 bits per heavy atom. The average Bonchev–Trinajstić information content (AvgIpc) is 3.49. The van der Waals surface area contributed by atoms with Crippen LogP contribution >= 0.6 is 11.8 Å². The first kappa shape index (κ1) is 20.9. The van der Waals surface area contributed by atoms with E-state index in [0.29, 0.717) is 24.5 Å². The fourth-order valence-corrected chi connectivity index (χ4v) is 4.23. The quantitative estimate of drug-likeness (QED) is 0.279. The average molecular weight is 457 g/mol. The van der Waals surface area contributed by atoms with E-state index in [4.69, 9.17) is 19.5 Å². The fraction of sp³-hybridized carbons (Fsp3) is 0.160. The molecule has 7 nitrogen and oxygen atoms in total. The first-order valence-corrected chi connectivity index (χ1v) is 11.4. The maximum atomic E-state index is 8.91. The summed E-state index contributed by atoms with van der Waals surface area (Å²) in [5.74, 6) is 3.77. The molecule has 164 valence electrons. The molecule has 1 aliphatic rings. The van der Waals surface area contributed by atoms with Gasteiger partial charge in [0.15, 0.2) is 22.5 Å². The summed E-state index contributed by atoms with van der Waals surface area (Å²) in [6, 6.07) is 25.2. The molecule has 2 heterocycles. The Hall–Kier alpha value is -3.96. The van der Waals surface area contributed by atoms with Gasteiger partial charge in [-0.05, 0) is 42.0 Å². The summed E-state index contributed by atoms with van der Waals surface area (Å²) in [6.07, 6.45) is 0. The molecular weight excluding hydrogens is 436 g/mol. The maximum absolute atomic E-state index is 8.91. The van der Waals surface area contributed by atoms with E-state index in [1.165, 1.54) is 0 Å². The van der Waals surface area contributed by atoms with Gasteiger partial charge in [-0.3, -0.25) is 4.57 Å². The summed E-state index contributed by atoms with van der Waals surface area (Å²) in [5.41, 5.74) is 2.69. The predicted molar refractivity (Wildman–Crippen MR) is 125 cm³/mol. The van der Waals surface area contributed by atoms with E-state index >= 15 is 0 Å². The third-order valence-corrected chi connectivity index (χ3v) is 6.02. The Balaban J connectivity index is 1.32. The number of hydrogen-bond donors (Lipinski definition) is 0. The molecule has 33 heavy (non-hydrogen) atoms. The Kier molecular flexibility index (Phi) is 6.13. The zero-order chi connectivity index (χ0) is 22.5. The van der Waals surface area contributed by atoms with Crippen molar-refractivity contribution in [2.24, 2.45) is 0 Å². The van der Waals surface area contributed by atoms with Gasteiger partial charge < -0.3 is 14.2 Å². The van der Waals surface area contributed by atoms with Crippen LogP contribution in [0.1, 0.15) is 11.1 Å². The van der Waals surface area contributed by atoms with E-state index in [2.05, 4.69) is 20.8 Å². The maximum Gasteiger partial charge on any atom is 0.231 e. The van der Waals surface area contributed by atoms with Crippen molar-refractivity contribution < 1.29 is 14.2 Å². The summed E-state index contributed by atoms with van der Waals surface area (Å²) in [7, 11) is 0. The van der Waals surface area contributed by atoms with Gasteiger partial charge in [-0.1, -0.05) is 48.2 Å². The molecule has 0 aliphatic carbocycles. The highest BCUT2D eigenvalue weighted by atomic mass is 32.2. The SMILES string of the molecule is N#Cc1ccc(OCCSc2nnc(-c3ccccc3)n2Cc2ccc3c(c2)OCO3)cc1. The number of ether oxygens (including phenoxy) is 3. The van der Waals surface area contributed by atoms with Gasteiger partial charge in [0.05, 0.1) is 24.8 Å². The van der Waals surface area contributed by atoms with Crippen molar-refractivity contribution in [3.8, 4) is 34.7 Å². The van der Waals surface area contributed by atoms with Gasteiger partial charge in [0.25, 0.3) is 0 Å². The van der Waals surface area contributed by atoms with Crippen molar-refractivity contribution in [3.63, 3.8) is 0 Å². The molecular formula is C25H20N4O3S. The second-order valence-corrected chi connectivity index (χ2v) is 8.34. The number of aromatic nitrogens is 3. The largest absolute Gasteiger partial charge is 0.493 e. The summed E-state index contributed by atoms with van der Waals surface area (Å²) in [6.45, 7) is 1.36. The van der Waals surface area contributed by atoms with Crippen LogP contribution in [0, 0.1) is 11.3 Å². The fourth-order valence-electron chi connectivity index (χ4n) is 3.48. The molecule has 0 amide bonds. The second kappa shape index (κ2) is 9.67. The van der Waals surface area contributed by atoms with Crippen molar-refractivity contribution in [2.45, 2.75) is 11.7 Å². The van der Waals surface area contributed by atoms with Crippen LogP contribution in [0.4, 0.5) is 0 Å². The highest BCUT2D eigenvalue weighted by Crippen LogP contribution is 2.33. The molecule has 1 aliphatic heterocycles. The van der Waals surface area contributed by atoms with Crippen LogP contribution in [0.25, 0.3) is 11.4 Å². The molecule has 0 unspecified atom stereocenters. The Labute approximate surface area is 195 Å². The normalized spacial score (nSPS) is 11.8. The highest BCUT2D eigenvalue weighted by Gasteiger charge is 2.17. The minimum Gasteiger partial charge on any atom is -0.493 e. The molecule has 1 aromatic heterocycles. The van der Waals surface area contributed by atoms with Crippen LogP contribution in [0.5, 0.6) is 17.2 Å². The number of nitrogens with zero attached hydrogens (tertiary/aromatic N) is 4. The standard InChI is InChI=1S/C25H20N4O3S/c26-15-18-6-9-21(10-7-18)30-12-13-33-25-28-27-24(20-4-2-1-3-5-20)29(25)16-19-8-11-22-23(14-19)32-17-31-22/h1-11,14H,12-13,16-17H2. The van der Waals surface area contributed by atoms with Crippen molar-refractivity contribution >= 4 is 11.8 Å². The Morgan fingerprint density at radius 2 is 1.79 bits per heavy atom. The smallest absolute Gasteiger partial charge is 0.231 e. The molecule has 0 spiro atoms. The van der Waals surface area contributed by atoms with Crippen molar-refractivity contribution in [1.82, 2.24) is 14.8 Å². The monoisotopic (exact) mass is 456 g/mol.